The molecule has 1 amide bonds. The Balaban J connectivity index is 1.47. The summed E-state index contributed by atoms with van der Waals surface area (Å²) in [6, 6.07) is 16.5. The molecule has 0 radical (unpaired) electrons. The average Bonchev–Trinajstić information content (AvgIpc) is 3.11. The highest BCUT2D eigenvalue weighted by atomic mass is 32.1. The number of aryl methyl sites for hydroxylation is 1. The Morgan fingerprint density at radius 1 is 1.16 bits per heavy atom. The van der Waals surface area contributed by atoms with E-state index < -0.39 is 5.60 Å². The van der Waals surface area contributed by atoms with Crippen molar-refractivity contribution in [3.05, 3.63) is 82.5 Å². The lowest BCUT2D eigenvalue weighted by Gasteiger charge is -2.18. The Kier molecular flexibility index (Phi) is 5.71. The third kappa shape index (κ3) is 4.90. The molecule has 0 saturated carbocycles. The van der Waals surface area contributed by atoms with E-state index in [9.17, 15) is 9.90 Å². The van der Waals surface area contributed by atoms with E-state index in [4.69, 9.17) is 4.74 Å². The second-order valence-corrected chi connectivity index (χ2v) is 8.99. The molecule has 4 rings (SSSR count). The summed E-state index contributed by atoms with van der Waals surface area (Å²) in [4.78, 5) is 21.5. The lowest BCUT2D eigenvalue weighted by molar-refractivity contribution is 0.0785. The number of pyridine rings is 1. The molecule has 6 nitrogen and oxygen atoms in total. The standard InChI is InChI=1S/C24H23N3O3S/c1-15-27-20-11-10-18(13-21(20)31-15)30-23-19(5-4-12-25-23)22(28)26-14-16-6-8-17(9-7-16)24(2,3)29/h4-13,29H,14H2,1-3H3,(H,26,28). The van der Waals surface area contributed by atoms with Crippen LogP contribution in [0.2, 0.25) is 0 Å². The number of thiazole rings is 1. The largest absolute Gasteiger partial charge is 0.438 e. The minimum absolute atomic E-state index is 0.248. The Bertz CT molecular complexity index is 1230. The number of benzene rings is 2. The molecule has 0 aliphatic rings. The van der Waals surface area contributed by atoms with Crippen LogP contribution in [-0.2, 0) is 12.1 Å². The molecule has 0 spiro atoms. The number of rotatable bonds is 6. The monoisotopic (exact) mass is 433 g/mol. The van der Waals surface area contributed by atoms with E-state index in [0.717, 1.165) is 26.4 Å². The van der Waals surface area contributed by atoms with E-state index in [1.165, 1.54) is 0 Å². The number of carbonyl (C=O) groups is 1. The van der Waals surface area contributed by atoms with Gasteiger partial charge in [-0.1, -0.05) is 24.3 Å². The lowest BCUT2D eigenvalue weighted by Crippen LogP contribution is -2.23. The fourth-order valence-corrected chi connectivity index (χ4v) is 4.00. The fraction of sp³-hybridized carbons (Fsp3) is 0.208. The molecule has 2 aromatic heterocycles. The van der Waals surface area contributed by atoms with Crippen molar-refractivity contribution in [1.29, 1.82) is 0 Å². The number of nitrogens with zero attached hydrogens (tertiary/aromatic N) is 2. The van der Waals surface area contributed by atoms with Crippen LogP contribution in [-0.4, -0.2) is 21.0 Å². The molecule has 0 atom stereocenters. The quantitative estimate of drug-likeness (QED) is 0.449. The van der Waals surface area contributed by atoms with Gasteiger partial charge in [0.05, 0.1) is 20.8 Å². The first-order valence-electron chi connectivity index (χ1n) is 9.90. The number of aliphatic hydroxyl groups is 1. The number of aromatic nitrogens is 2. The summed E-state index contributed by atoms with van der Waals surface area (Å²) in [6.07, 6.45) is 1.59. The molecule has 0 saturated heterocycles. The second-order valence-electron chi connectivity index (χ2n) is 7.76. The van der Waals surface area contributed by atoms with Crippen molar-refractivity contribution < 1.29 is 14.6 Å². The zero-order valence-electron chi connectivity index (χ0n) is 17.5. The number of nitrogens with one attached hydrogen (secondary N) is 1. The van der Waals surface area contributed by atoms with Crippen LogP contribution >= 0.6 is 11.3 Å². The zero-order chi connectivity index (χ0) is 22.0. The predicted molar refractivity (Wildman–Crippen MR) is 122 cm³/mol. The van der Waals surface area contributed by atoms with Crippen LogP contribution in [0.25, 0.3) is 10.2 Å². The molecule has 31 heavy (non-hydrogen) atoms. The molecule has 0 aliphatic carbocycles. The van der Waals surface area contributed by atoms with Crippen molar-refractivity contribution in [3.63, 3.8) is 0 Å². The van der Waals surface area contributed by atoms with Gasteiger partial charge in [0.1, 0.15) is 11.3 Å². The molecule has 7 heteroatoms. The number of hydrogen-bond acceptors (Lipinski definition) is 6. The molecule has 0 unspecified atom stereocenters. The van der Waals surface area contributed by atoms with Crippen LogP contribution in [0.4, 0.5) is 0 Å². The molecule has 0 aliphatic heterocycles. The van der Waals surface area contributed by atoms with Crippen molar-refractivity contribution >= 4 is 27.5 Å². The van der Waals surface area contributed by atoms with Crippen molar-refractivity contribution in [1.82, 2.24) is 15.3 Å². The van der Waals surface area contributed by atoms with Crippen molar-refractivity contribution in [2.45, 2.75) is 32.9 Å². The third-order valence-corrected chi connectivity index (χ3v) is 5.74. The summed E-state index contributed by atoms with van der Waals surface area (Å²) in [5.74, 6) is 0.577. The Morgan fingerprint density at radius 2 is 1.94 bits per heavy atom. The smallest absolute Gasteiger partial charge is 0.257 e. The summed E-state index contributed by atoms with van der Waals surface area (Å²) < 4.78 is 6.95. The first-order chi connectivity index (χ1) is 14.8. The van der Waals surface area contributed by atoms with E-state index >= 15 is 0 Å². The molecule has 2 N–H and O–H groups in total. The summed E-state index contributed by atoms with van der Waals surface area (Å²) in [6.45, 7) is 5.79. The van der Waals surface area contributed by atoms with Crippen molar-refractivity contribution in [2.24, 2.45) is 0 Å². The summed E-state index contributed by atoms with van der Waals surface area (Å²) in [5, 5.41) is 14.0. The average molecular weight is 434 g/mol. The van der Waals surface area contributed by atoms with Crippen LogP contribution in [0.5, 0.6) is 11.6 Å². The van der Waals surface area contributed by atoms with E-state index in [1.807, 2.05) is 49.4 Å². The minimum Gasteiger partial charge on any atom is -0.438 e. The predicted octanol–water partition coefficient (Wildman–Crippen LogP) is 4.95. The number of fused-ring (bicyclic) bond motifs is 1. The first kappa shape index (κ1) is 21.0. The van der Waals surface area contributed by atoms with E-state index in [2.05, 4.69) is 15.3 Å². The highest BCUT2D eigenvalue weighted by Gasteiger charge is 2.17. The molecule has 0 fully saturated rings. The zero-order valence-corrected chi connectivity index (χ0v) is 18.4. The molecular formula is C24H23N3O3S. The Hall–Kier alpha value is -3.29. The molecule has 158 valence electrons. The molecule has 4 aromatic rings. The van der Waals surface area contributed by atoms with Gasteiger partial charge in [-0.05, 0) is 56.2 Å². The van der Waals surface area contributed by atoms with E-state index in [0.29, 0.717) is 17.9 Å². The minimum atomic E-state index is -0.898. The second kappa shape index (κ2) is 8.45. The van der Waals surface area contributed by atoms with Gasteiger partial charge in [-0.25, -0.2) is 9.97 Å². The topological polar surface area (TPSA) is 84.3 Å². The lowest BCUT2D eigenvalue weighted by atomic mass is 9.97. The first-order valence-corrected chi connectivity index (χ1v) is 10.7. The van der Waals surface area contributed by atoms with E-state index in [-0.39, 0.29) is 11.8 Å². The van der Waals surface area contributed by atoms with Gasteiger partial charge in [-0.2, -0.15) is 0 Å². The summed E-state index contributed by atoms with van der Waals surface area (Å²) in [7, 11) is 0. The normalized spacial score (nSPS) is 11.5. The van der Waals surface area contributed by atoms with Gasteiger partial charge in [0.2, 0.25) is 5.88 Å². The van der Waals surface area contributed by atoms with Crippen LogP contribution in [0.3, 0.4) is 0 Å². The van der Waals surface area contributed by atoms with Crippen LogP contribution in [0, 0.1) is 6.92 Å². The Labute approximate surface area is 184 Å². The van der Waals surface area contributed by atoms with Gasteiger partial charge in [0.25, 0.3) is 5.91 Å². The van der Waals surface area contributed by atoms with Crippen LogP contribution < -0.4 is 10.1 Å². The van der Waals surface area contributed by atoms with Gasteiger partial charge in [0, 0.05) is 18.8 Å². The van der Waals surface area contributed by atoms with Crippen molar-refractivity contribution in [3.8, 4) is 11.6 Å². The number of amides is 1. The maximum atomic E-state index is 12.8. The summed E-state index contributed by atoms with van der Waals surface area (Å²) in [5.41, 5.74) is 2.13. The van der Waals surface area contributed by atoms with Gasteiger partial charge in [0.15, 0.2) is 0 Å². The molecule has 0 bridgehead atoms. The maximum Gasteiger partial charge on any atom is 0.257 e. The maximum absolute atomic E-state index is 12.8. The molecule has 2 aromatic carbocycles. The highest BCUT2D eigenvalue weighted by Crippen LogP contribution is 2.29. The number of hydrogen-bond donors (Lipinski definition) is 2. The van der Waals surface area contributed by atoms with Gasteiger partial charge in [-0.3, -0.25) is 4.79 Å². The summed E-state index contributed by atoms with van der Waals surface area (Å²) >= 11 is 1.59. The number of carbonyl (C=O) groups excluding carboxylic acids is 1. The van der Waals surface area contributed by atoms with E-state index in [1.54, 1.807) is 43.5 Å². The SMILES string of the molecule is Cc1nc2ccc(Oc3ncccc3C(=O)NCc3ccc(C(C)(C)O)cc3)cc2s1. The van der Waals surface area contributed by atoms with Crippen molar-refractivity contribution in [2.75, 3.05) is 0 Å². The highest BCUT2D eigenvalue weighted by molar-refractivity contribution is 7.18. The number of ether oxygens (including phenoxy) is 1. The van der Waals surface area contributed by atoms with Crippen LogP contribution in [0.1, 0.15) is 40.3 Å². The van der Waals surface area contributed by atoms with Gasteiger partial charge in [-0.15, -0.1) is 11.3 Å². The van der Waals surface area contributed by atoms with Crippen LogP contribution in [0.15, 0.2) is 60.8 Å². The Morgan fingerprint density at radius 3 is 2.68 bits per heavy atom. The van der Waals surface area contributed by atoms with Gasteiger partial charge >= 0.3 is 0 Å². The van der Waals surface area contributed by atoms with Gasteiger partial charge < -0.3 is 15.2 Å². The molecule has 2 heterocycles. The molecular weight excluding hydrogens is 410 g/mol. The third-order valence-electron chi connectivity index (χ3n) is 4.81. The fourth-order valence-electron chi connectivity index (χ4n) is 3.15.